The molecule has 0 spiro atoms. The second-order valence-electron chi connectivity index (χ2n) is 6.44. The molecular formula is C20H26N2. The Morgan fingerprint density at radius 2 is 1.82 bits per heavy atom. The molecule has 1 heterocycles. The van der Waals surface area contributed by atoms with Crippen LogP contribution in [0.1, 0.15) is 24.5 Å². The smallest absolute Gasteiger partial charge is 0.0397 e. The molecule has 0 bridgehead atoms. The Bertz CT molecular complexity index is 631. The summed E-state index contributed by atoms with van der Waals surface area (Å²) in [6.45, 7) is 3.37. The quantitative estimate of drug-likeness (QED) is 0.900. The minimum atomic E-state index is 0.577. The lowest BCUT2D eigenvalue weighted by Crippen LogP contribution is -2.21. The minimum Gasteiger partial charge on any atom is -0.374 e. The summed E-state index contributed by atoms with van der Waals surface area (Å²) in [4.78, 5) is 2.34. The van der Waals surface area contributed by atoms with Crippen LogP contribution in [0, 0.1) is 0 Å². The van der Waals surface area contributed by atoms with Crippen LogP contribution in [0.15, 0.2) is 42.5 Å². The van der Waals surface area contributed by atoms with Gasteiger partial charge in [0.05, 0.1) is 0 Å². The fourth-order valence-electron chi connectivity index (χ4n) is 3.14. The van der Waals surface area contributed by atoms with Crippen molar-refractivity contribution in [3.05, 3.63) is 53.6 Å². The van der Waals surface area contributed by atoms with Crippen LogP contribution in [0.3, 0.4) is 0 Å². The zero-order chi connectivity index (χ0) is 15.5. The number of likely N-dealkylation sites (N-methyl/N-ethyl adjacent to an activating group) is 1. The average Bonchev–Trinajstić information content (AvgIpc) is 2.93. The maximum Gasteiger partial charge on any atom is 0.0397 e. The molecule has 22 heavy (non-hydrogen) atoms. The van der Waals surface area contributed by atoms with Gasteiger partial charge in [0.25, 0.3) is 0 Å². The predicted octanol–water partition coefficient (Wildman–Crippen LogP) is 3.89. The number of hydrogen-bond donors (Lipinski definition) is 1. The minimum absolute atomic E-state index is 0.577. The van der Waals surface area contributed by atoms with Gasteiger partial charge in [0.1, 0.15) is 0 Å². The Morgan fingerprint density at radius 3 is 2.55 bits per heavy atom. The molecule has 0 radical (unpaired) electrons. The first kappa shape index (κ1) is 15.1. The Hall–Kier alpha value is -1.80. The molecule has 0 fully saturated rings. The van der Waals surface area contributed by atoms with E-state index in [-0.39, 0.29) is 0 Å². The van der Waals surface area contributed by atoms with Crippen LogP contribution in [-0.4, -0.2) is 26.7 Å². The number of benzene rings is 2. The highest BCUT2D eigenvalue weighted by atomic mass is 15.1. The van der Waals surface area contributed by atoms with E-state index in [1.54, 1.807) is 0 Å². The van der Waals surface area contributed by atoms with Gasteiger partial charge in [0, 0.05) is 25.3 Å². The van der Waals surface area contributed by atoms with Gasteiger partial charge in [-0.2, -0.15) is 0 Å². The molecule has 0 aliphatic carbocycles. The van der Waals surface area contributed by atoms with Crippen LogP contribution in [0.5, 0.6) is 0 Å². The van der Waals surface area contributed by atoms with Crippen molar-refractivity contribution in [2.24, 2.45) is 0 Å². The van der Waals surface area contributed by atoms with E-state index in [4.69, 9.17) is 0 Å². The number of aryl methyl sites for hydroxylation is 1. The Morgan fingerprint density at radius 1 is 1.09 bits per heavy atom. The van der Waals surface area contributed by atoms with Crippen LogP contribution in [0.4, 0.5) is 5.69 Å². The SMILES string of the molecule is CNC(C)CCc1ccc(-c2ccc3c(c2)CCN3C)cc1. The molecule has 0 saturated carbocycles. The summed E-state index contributed by atoms with van der Waals surface area (Å²) in [5.74, 6) is 0. The fraction of sp³-hybridized carbons (Fsp3) is 0.400. The summed E-state index contributed by atoms with van der Waals surface area (Å²) in [5, 5.41) is 3.30. The first-order chi connectivity index (χ1) is 10.7. The molecule has 1 unspecified atom stereocenters. The van der Waals surface area contributed by atoms with E-state index in [1.165, 1.54) is 40.8 Å². The van der Waals surface area contributed by atoms with Gasteiger partial charge < -0.3 is 10.2 Å². The molecule has 2 nitrogen and oxygen atoms in total. The highest BCUT2D eigenvalue weighted by molar-refractivity contribution is 5.70. The van der Waals surface area contributed by atoms with E-state index in [0.29, 0.717) is 6.04 Å². The summed E-state index contributed by atoms with van der Waals surface area (Å²) in [5.41, 5.74) is 6.95. The summed E-state index contributed by atoms with van der Waals surface area (Å²) < 4.78 is 0. The molecular weight excluding hydrogens is 268 g/mol. The highest BCUT2D eigenvalue weighted by Crippen LogP contribution is 2.31. The van der Waals surface area contributed by atoms with E-state index in [2.05, 4.69) is 66.7 Å². The van der Waals surface area contributed by atoms with E-state index >= 15 is 0 Å². The molecule has 2 heteroatoms. The van der Waals surface area contributed by atoms with Crippen LogP contribution >= 0.6 is 0 Å². The number of anilines is 1. The molecule has 1 aliphatic rings. The maximum absolute atomic E-state index is 3.30. The van der Waals surface area contributed by atoms with Crippen LogP contribution in [0.2, 0.25) is 0 Å². The summed E-state index contributed by atoms with van der Waals surface area (Å²) >= 11 is 0. The number of fused-ring (bicyclic) bond motifs is 1. The summed E-state index contributed by atoms with van der Waals surface area (Å²) in [6, 6.07) is 16.5. The first-order valence-electron chi connectivity index (χ1n) is 8.28. The Labute approximate surface area is 134 Å². The van der Waals surface area contributed by atoms with E-state index in [1.807, 2.05) is 7.05 Å². The number of nitrogens with one attached hydrogen (secondary N) is 1. The van der Waals surface area contributed by atoms with E-state index < -0.39 is 0 Å². The average molecular weight is 294 g/mol. The summed E-state index contributed by atoms with van der Waals surface area (Å²) in [6.07, 6.45) is 3.48. The number of nitrogens with zero attached hydrogens (tertiary/aromatic N) is 1. The van der Waals surface area contributed by atoms with Gasteiger partial charge >= 0.3 is 0 Å². The molecule has 0 saturated heterocycles. The van der Waals surface area contributed by atoms with E-state index in [0.717, 1.165) is 13.0 Å². The van der Waals surface area contributed by atoms with Gasteiger partial charge in [0.15, 0.2) is 0 Å². The van der Waals surface area contributed by atoms with Gasteiger partial charge in [-0.25, -0.2) is 0 Å². The largest absolute Gasteiger partial charge is 0.374 e. The third kappa shape index (κ3) is 3.17. The molecule has 1 N–H and O–H groups in total. The van der Waals surface area contributed by atoms with Gasteiger partial charge in [-0.3, -0.25) is 0 Å². The standard InChI is InChI=1S/C20H26N2/c1-15(21-2)4-5-16-6-8-17(9-7-16)18-10-11-20-19(14-18)12-13-22(20)3/h6-11,14-15,21H,4-5,12-13H2,1-3H3. The fourth-order valence-corrected chi connectivity index (χ4v) is 3.14. The maximum atomic E-state index is 3.30. The van der Waals surface area contributed by atoms with Crippen molar-refractivity contribution in [1.29, 1.82) is 0 Å². The molecule has 1 aliphatic heterocycles. The van der Waals surface area contributed by atoms with Crippen molar-refractivity contribution in [3.63, 3.8) is 0 Å². The summed E-state index contributed by atoms with van der Waals surface area (Å²) in [7, 11) is 4.20. The lowest BCUT2D eigenvalue weighted by atomic mass is 9.99. The molecule has 0 amide bonds. The topological polar surface area (TPSA) is 15.3 Å². The van der Waals surface area contributed by atoms with Gasteiger partial charge in [-0.05, 0) is 67.6 Å². The number of rotatable bonds is 5. The van der Waals surface area contributed by atoms with Crippen molar-refractivity contribution in [2.45, 2.75) is 32.2 Å². The van der Waals surface area contributed by atoms with Gasteiger partial charge in [-0.15, -0.1) is 0 Å². The van der Waals surface area contributed by atoms with Gasteiger partial charge in [0.2, 0.25) is 0 Å². The lowest BCUT2D eigenvalue weighted by Gasteiger charge is -2.13. The van der Waals surface area contributed by atoms with E-state index in [9.17, 15) is 0 Å². The zero-order valence-corrected chi connectivity index (χ0v) is 13.9. The van der Waals surface area contributed by atoms with Crippen molar-refractivity contribution >= 4 is 5.69 Å². The second kappa shape index (κ2) is 6.53. The third-order valence-corrected chi connectivity index (χ3v) is 4.85. The lowest BCUT2D eigenvalue weighted by molar-refractivity contribution is 0.565. The van der Waals surface area contributed by atoms with Crippen LogP contribution in [0.25, 0.3) is 11.1 Å². The monoisotopic (exact) mass is 294 g/mol. The predicted molar refractivity (Wildman–Crippen MR) is 95.7 cm³/mol. The van der Waals surface area contributed by atoms with Crippen molar-refractivity contribution in [3.8, 4) is 11.1 Å². The Balaban J connectivity index is 1.73. The molecule has 2 aromatic carbocycles. The molecule has 3 rings (SSSR count). The highest BCUT2D eigenvalue weighted by Gasteiger charge is 2.15. The first-order valence-corrected chi connectivity index (χ1v) is 8.28. The number of hydrogen-bond acceptors (Lipinski definition) is 2. The molecule has 0 aromatic heterocycles. The van der Waals surface area contributed by atoms with Gasteiger partial charge in [-0.1, -0.05) is 30.3 Å². The molecule has 1 atom stereocenters. The van der Waals surface area contributed by atoms with Crippen molar-refractivity contribution in [2.75, 3.05) is 25.5 Å². The van der Waals surface area contributed by atoms with Crippen LogP contribution < -0.4 is 10.2 Å². The Kier molecular flexibility index (Phi) is 4.49. The zero-order valence-electron chi connectivity index (χ0n) is 13.9. The second-order valence-corrected chi connectivity index (χ2v) is 6.44. The van der Waals surface area contributed by atoms with Crippen LogP contribution in [-0.2, 0) is 12.8 Å². The van der Waals surface area contributed by atoms with Crippen molar-refractivity contribution in [1.82, 2.24) is 5.32 Å². The molecule has 116 valence electrons. The van der Waals surface area contributed by atoms with Crippen molar-refractivity contribution < 1.29 is 0 Å². The molecule has 2 aromatic rings. The third-order valence-electron chi connectivity index (χ3n) is 4.85. The normalized spacial score (nSPS) is 15.0.